The van der Waals surface area contributed by atoms with Gasteiger partial charge in [-0.25, -0.2) is 4.98 Å². The van der Waals surface area contributed by atoms with Crippen molar-refractivity contribution in [3.05, 3.63) is 80.5 Å². The summed E-state index contributed by atoms with van der Waals surface area (Å²) in [6.45, 7) is -0.164. The summed E-state index contributed by atoms with van der Waals surface area (Å²) in [6, 6.07) is 16.5. The fraction of sp³-hybridized carbons (Fsp3) is 0.185. The summed E-state index contributed by atoms with van der Waals surface area (Å²) in [5.41, 5.74) is 3.15. The number of hydrogen-bond donors (Lipinski definition) is 1. The molecule has 1 amide bonds. The topological polar surface area (TPSA) is 87.8 Å². The van der Waals surface area contributed by atoms with E-state index in [4.69, 9.17) is 0 Å². The summed E-state index contributed by atoms with van der Waals surface area (Å²) in [4.78, 5) is 32.6. The lowest BCUT2D eigenvalue weighted by Gasteiger charge is -2.09. The van der Waals surface area contributed by atoms with Crippen molar-refractivity contribution in [2.24, 2.45) is 0 Å². The largest absolute Gasteiger partial charge is 0.315 e. The normalized spacial score (nSPS) is 13.0. The zero-order valence-corrected chi connectivity index (χ0v) is 20.3. The van der Waals surface area contributed by atoms with Crippen LogP contribution in [0.4, 0.5) is 5.00 Å². The third-order valence-electron chi connectivity index (χ3n) is 6.47. The molecule has 8 heteroatoms. The summed E-state index contributed by atoms with van der Waals surface area (Å²) < 4.78 is 1.34. The molecule has 5 aromatic rings. The van der Waals surface area contributed by atoms with Gasteiger partial charge in [-0.05, 0) is 53.6 Å². The molecule has 0 fully saturated rings. The highest BCUT2D eigenvalue weighted by molar-refractivity contribution is 7.17. The lowest BCUT2D eigenvalue weighted by Crippen LogP contribution is -2.27. The van der Waals surface area contributed by atoms with Gasteiger partial charge in [-0.15, -0.1) is 22.7 Å². The quantitative estimate of drug-likeness (QED) is 0.344. The minimum absolute atomic E-state index is 0.164. The molecule has 0 spiro atoms. The Morgan fingerprint density at radius 3 is 2.83 bits per heavy atom. The van der Waals surface area contributed by atoms with Crippen molar-refractivity contribution in [1.82, 2.24) is 9.55 Å². The molecule has 1 aliphatic rings. The van der Waals surface area contributed by atoms with Crippen LogP contribution in [0.3, 0.4) is 0 Å². The molecule has 0 saturated heterocycles. The van der Waals surface area contributed by atoms with E-state index in [-0.39, 0.29) is 18.0 Å². The Labute approximate surface area is 209 Å². The van der Waals surface area contributed by atoms with Gasteiger partial charge in [0.2, 0.25) is 5.91 Å². The maximum absolute atomic E-state index is 13.4. The van der Waals surface area contributed by atoms with Crippen molar-refractivity contribution in [2.45, 2.75) is 32.2 Å². The van der Waals surface area contributed by atoms with E-state index in [1.54, 1.807) is 0 Å². The predicted octanol–water partition coefficient (Wildman–Crippen LogP) is 5.73. The summed E-state index contributed by atoms with van der Waals surface area (Å²) >= 11 is 2.90. The number of fused-ring (bicyclic) bond motifs is 3. The maximum atomic E-state index is 13.4. The zero-order valence-electron chi connectivity index (χ0n) is 18.7. The highest BCUT2D eigenvalue weighted by Crippen LogP contribution is 2.37. The molecular weight excluding hydrogens is 476 g/mol. The Bertz CT molecular complexity index is 1720. The molecule has 3 aromatic heterocycles. The number of anilines is 1. The number of rotatable bonds is 4. The second-order valence-corrected chi connectivity index (χ2v) is 10.6. The van der Waals surface area contributed by atoms with Crippen molar-refractivity contribution in [3.8, 4) is 17.2 Å². The first-order chi connectivity index (χ1) is 17.1. The van der Waals surface area contributed by atoms with E-state index in [0.29, 0.717) is 20.8 Å². The number of carbonyl (C=O) groups is 1. The summed E-state index contributed by atoms with van der Waals surface area (Å²) in [6.07, 6.45) is 5.41. The Balaban J connectivity index is 1.32. The minimum Gasteiger partial charge on any atom is -0.315 e. The van der Waals surface area contributed by atoms with E-state index in [2.05, 4.69) is 28.5 Å². The average molecular weight is 497 g/mol. The number of carbonyl (C=O) groups excluding carboxylic acids is 1. The average Bonchev–Trinajstić information content (AvgIpc) is 3.47. The van der Waals surface area contributed by atoms with E-state index in [1.165, 1.54) is 38.4 Å². The fourth-order valence-corrected chi connectivity index (χ4v) is 6.91. The fourth-order valence-electron chi connectivity index (χ4n) is 4.74. The molecule has 2 aromatic carbocycles. The van der Waals surface area contributed by atoms with Crippen LogP contribution in [-0.4, -0.2) is 15.5 Å². The summed E-state index contributed by atoms with van der Waals surface area (Å²) in [5.74, 6) is -0.342. The molecule has 1 aliphatic carbocycles. The Hall–Kier alpha value is -3.80. The zero-order chi connectivity index (χ0) is 23.9. The van der Waals surface area contributed by atoms with Crippen LogP contribution in [0.1, 0.15) is 28.8 Å². The van der Waals surface area contributed by atoms with Crippen LogP contribution in [0.5, 0.6) is 0 Å². The van der Waals surface area contributed by atoms with Crippen LogP contribution in [0, 0.1) is 11.3 Å². The van der Waals surface area contributed by atoms with Gasteiger partial charge in [0, 0.05) is 15.8 Å². The highest BCUT2D eigenvalue weighted by Gasteiger charge is 2.22. The van der Waals surface area contributed by atoms with Crippen molar-refractivity contribution >= 4 is 54.6 Å². The third-order valence-corrected chi connectivity index (χ3v) is 8.56. The van der Waals surface area contributed by atoms with Gasteiger partial charge in [0.25, 0.3) is 5.56 Å². The Kier molecular flexibility index (Phi) is 5.44. The first kappa shape index (κ1) is 21.7. The van der Waals surface area contributed by atoms with Crippen molar-refractivity contribution in [3.63, 3.8) is 0 Å². The number of amides is 1. The van der Waals surface area contributed by atoms with Crippen LogP contribution >= 0.6 is 22.7 Å². The van der Waals surface area contributed by atoms with E-state index in [0.717, 1.165) is 53.1 Å². The van der Waals surface area contributed by atoms with Crippen molar-refractivity contribution in [1.29, 1.82) is 5.26 Å². The lowest BCUT2D eigenvalue weighted by molar-refractivity contribution is -0.116. The first-order valence-corrected chi connectivity index (χ1v) is 13.1. The smallest absolute Gasteiger partial charge is 0.263 e. The third kappa shape index (κ3) is 3.83. The van der Waals surface area contributed by atoms with Gasteiger partial charge in [0.15, 0.2) is 0 Å². The molecule has 0 unspecified atom stereocenters. The molecule has 6 nitrogen and oxygen atoms in total. The number of nitrogens with zero attached hydrogens (tertiary/aromatic N) is 3. The van der Waals surface area contributed by atoms with Gasteiger partial charge >= 0.3 is 0 Å². The number of benzene rings is 2. The molecule has 0 saturated carbocycles. The minimum atomic E-state index is -0.342. The number of thiophene rings is 2. The standard InChI is InChI=1S/C27H20N4O2S2/c28-12-20-19-7-3-4-8-22(19)35-25(20)30-23(32)13-31-15-29-26-24(27(31)33)21(14-34-26)18-10-9-16-5-1-2-6-17(16)11-18/h1-2,5-6,9-11,14-15H,3-4,7-8,13H2,(H,30,32). The number of hydrogen-bond acceptors (Lipinski definition) is 6. The van der Waals surface area contributed by atoms with Crippen molar-refractivity contribution in [2.75, 3.05) is 5.32 Å². The Morgan fingerprint density at radius 2 is 1.97 bits per heavy atom. The molecule has 0 bridgehead atoms. The number of nitrogens with one attached hydrogen (secondary N) is 1. The van der Waals surface area contributed by atoms with Crippen LogP contribution in [-0.2, 0) is 24.2 Å². The lowest BCUT2D eigenvalue weighted by atomic mass is 9.96. The molecule has 0 atom stereocenters. The second-order valence-electron chi connectivity index (χ2n) is 8.64. The van der Waals surface area contributed by atoms with Gasteiger partial charge < -0.3 is 5.32 Å². The summed E-state index contributed by atoms with van der Waals surface area (Å²) in [5, 5.41) is 17.8. The molecular formula is C27H20N4O2S2. The number of aromatic nitrogens is 2. The number of nitriles is 1. The van der Waals surface area contributed by atoms with Gasteiger partial charge in [0.1, 0.15) is 22.4 Å². The van der Waals surface area contributed by atoms with Gasteiger partial charge in [-0.1, -0.05) is 36.4 Å². The van der Waals surface area contributed by atoms with E-state index < -0.39 is 0 Å². The van der Waals surface area contributed by atoms with Gasteiger partial charge in [-0.3, -0.25) is 14.2 Å². The molecule has 0 aliphatic heterocycles. The van der Waals surface area contributed by atoms with Crippen LogP contribution in [0.2, 0.25) is 0 Å². The van der Waals surface area contributed by atoms with E-state index >= 15 is 0 Å². The molecule has 35 heavy (non-hydrogen) atoms. The monoisotopic (exact) mass is 496 g/mol. The number of aryl methyl sites for hydroxylation is 1. The SMILES string of the molecule is N#Cc1c(NC(=O)Cn2cnc3scc(-c4ccc5ccccc5c4)c3c2=O)sc2c1CCCC2. The van der Waals surface area contributed by atoms with Gasteiger partial charge in [-0.2, -0.15) is 5.26 Å². The molecule has 3 heterocycles. The van der Waals surface area contributed by atoms with Crippen molar-refractivity contribution < 1.29 is 4.79 Å². The second kappa shape index (κ2) is 8.77. The summed E-state index contributed by atoms with van der Waals surface area (Å²) in [7, 11) is 0. The highest BCUT2D eigenvalue weighted by atomic mass is 32.1. The molecule has 172 valence electrons. The van der Waals surface area contributed by atoms with E-state index in [1.807, 2.05) is 35.7 Å². The van der Waals surface area contributed by atoms with Crippen LogP contribution < -0.4 is 10.9 Å². The van der Waals surface area contributed by atoms with Crippen LogP contribution in [0.15, 0.2) is 59.0 Å². The molecule has 0 radical (unpaired) electrons. The molecule has 1 N–H and O–H groups in total. The maximum Gasteiger partial charge on any atom is 0.263 e. The van der Waals surface area contributed by atoms with E-state index in [9.17, 15) is 14.9 Å². The molecule has 6 rings (SSSR count). The van der Waals surface area contributed by atoms with Gasteiger partial charge in [0.05, 0.1) is 17.3 Å². The van der Waals surface area contributed by atoms with Crippen LogP contribution in [0.25, 0.3) is 32.1 Å². The first-order valence-electron chi connectivity index (χ1n) is 11.4. The Morgan fingerprint density at radius 1 is 1.14 bits per heavy atom. The predicted molar refractivity (Wildman–Crippen MR) is 141 cm³/mol.